The minimum Gasteiger partial charge on any atom is -0.0913 e. The van der Waals surface area contributed by atoms with E-state index in [1.807, 2.05) is 0 Å². The summed E-state index contributed by atoms with van der Waals surface area (Å²) in [5, 5.41) is 0.595. The average Bonchev–Trinajstić information content (AvgIpc) is 2.23. The van der Waals surface area contributed by atoms with E-state index in [0.717, 1.165) is 5.54 Å². The van der Waals surface area contributed by atoms with Crippen molar-refractivity contribution >= 4 is 86.2 Å². The Labute approximate surface area is 122 Å². The Hall–Kier alpha value is 0.990. The van der Waals surface area contributed by atoms with E-state index in [4.69, 9.17) is 81.2 Å². The summed E-state index contributed by atoms with van der Waals surface area (Å²) in [4.78, 5) is 0. The Morgan fingerprint density at radius 3 is 1.40 bits per heavy atom. The van der Waals surface area contributed by atoms with Crippen LogP contribution in [0.15, 0.2) is 5.54 Å². The van der Waals surface area contributed by atoms with Gasteiger partial charge in [0, 0.05) is 11.1 Å². The van der Waals surface area contributed by atoms with Gasteiger partial charge in [-0.15, -0.1) is 0 Å². The molecule has 82 valence electrons. The van der Waals surface area contributed by atoms with Crippen LogP contribution in [0.1, 0.15) is 5.56 Å². The van der Waals surface area contributed by atoms with Crippen LogP contribution in [0.25, 0.3) is 5.03 Å². The van der Waals surface area contributed by atoms with Gasteiger partial charge in [-0.05, 0) is 0 Å². The van der Waals surface area contributed by atoms with E-state index in [-0.39, 0.29) is 35.7 Å². The Morgan fingerprint density at radius 1 is 0.733 bits per heavy atom. The molecule has 0 aromatic heterocycles. The molecular weight excluding hydrogens is 344 g/mol. The van der Waals surface area contributed by atoms with Crippen LogP contribution >= 0.6 is 81.2 Å². The smallest absolute Gasteiger partial charge is 0.0809 e. The fourth-order valence-corrected chi connectivity index (χ4v) is 2.61. The zero-order valence-corrected chi connectivity index (χ0v) is 12.0. The van der Waals surface area contributed by atoms with Gasteiger partial charge in [0.2, 0.25) is 0 Å². The maximum Gasteiger partial charge on any atom is 0.0809 e. The summed E-state index contributed by atoms with van der Waals surface area (Å²) in [6.07, 6.45) is 0. The second-order valence-electron chi connectivity index (χ2n) is 2.40. The zero-order chi connectivity index (χ0) is 11.7. The van der Waals surface area contributed by atoms with Gasteiger partial charge < -0.3 is 0 Å². The van der Waals surface area contributed by atoms with Crippen LogP contribution in [0.2, 0.25) is 25.1 Å². The van der Waals surface area contributed by atoms with Gasteiger partial charge in [-0.1, -0.05) is 81.2 Å². The number of benzene rings is 1. The van der Waals surface area contributed by atoms with Crippen LogP contribution in [-0.2, 0) is 0 Å². The highest BCUT2D eigenvalue weighted by Crippen LogP contribution is 2.47. The van der Waals surface area contributed by atoms with Crippen molar-refractivity contribution in [2.75, 3.05) is 0 Å². The van der Waals surface area contributed by atoms with E-state index < -0.39 is 0 Å². The molecule has 0 spiro atoms. The van der Waals surface area contributed by atoms with Crippen molar-refractivity contribution in [2.24, 2.45) is 0 Å². The highest BCUT2D eigenvalue weighted by molar-refractivity contribution is 6.60. The molecule has 1 aromatic rings. The normalized spacial score (nSPS) is 12.1. The summed E-state index contributed by atoms with van der Waals surface area (Å²) in [6.45, 7) is 0. The number of hydrogen-bond acceptors (Lipinski definition) is 0. The first-order valence-electron chi connectivity index (χ1n) is 3.39. The van der Waals surface area contributed by atoms with Gasteiger partial charge in [-0.3, -0.25) is 0 Å². The van der Waals surface area contributed by atoms with Gasteiger partial charge in [0.05, 0.1) is 30.1 Å². The molecule has 0 fully saturated rings. The summed E-state index contributed by atoms with van der Waals surface area (Å²) in [5.74, 6) is 0. The minimum atomic E-state index is 0.0797. The van der Waals surface area contributed by atoms with Crippen LogP contribution in [0, 0.1) is 0 Å². The molecular formula is C8HCl7. The van der Waals surface area contributed by atoms with Crippen molar-refractivity contribution in [3.05, 3.63) is 36.2 Å². The molecule has 0 aliphatic carbocycles. The van der Waals surface area contributed by atoms with Crippen LogP contribution in [0.3, 0.4) is 0 Å². The highest BCUT2D eigenvalue weighted by Gasteiger charge is 2.20. The number of hydrogen-bond donors (Lipinski definition) is 0. The lowest BCUT2D eigenvalue weighted by molar-refractivity contribution is 1.64. The topological polar surface area (TPSA) is 0 Å². The van der Waals surface area contributed by atoms with Crippen molar-refractivity contribution in [1.82, 2.24) is 0 Å². The predicted octanol–water partition coefficient (Wildman–Crippen LogP) is 6.73. The fraction of sp³-hybridized carbons (Fsp3) is 0. The predicted molar refractivity (Wildman–Crippen MR) is 71.2 cm³/mol. The first-order chi connectivity index (χ1) is 6.91. The third-order valence-electron chi connectivity index (χ3n) is 1.54. The van der Waals surface area contributed by atoms with Crippen molar-refractivity contribution in [2.45, 2.75) is 0 Å². The van der Waals surface area contributed by atoms with E-state index in [0.29, 0.717) is 0 Å². The van der Waals surface area contributed by atoms with Gasteiger partial charge in [0.15, 0.2) is 0 Å². The van der Waals surface area contributed by atoms with Crippen molar-refractivity contribution < 1.29 is 0 Å². The average molecular weight is 345 g/mol. The van der Waals surface area contributed by atoms with Crippen LogP contribution < -0.4 is 0 Å². The van der Waals surface area contributed by atoms with Gasteiger partial charge in [-0.2, -0.15) is 0 Å². The standard InChI is InChI=1S/C8HCl7/c9-1-2(10)3-4(11)6(13)8(15)7(14)5(3)12/h1H/b2-1+. The summed E-state index contributed by atoms with van der Waals surface area (Å²) in [7, 11) is 0. The van der Waals surface area contributed by atoms with E-state index in [1.54, 1.807) is 0 Å². The van der Waals surface area contributed by atoms with Crippen LogP contribution in [0.5, 0.6) is 0 Å². The quantitative estimate of drug-likeness (QED) is 0.391. The lowest BCUT2D eigenvalue weighted by Crippen LogP contribution is -1.87. The van der Waals surface area contributed by atoms with E-state index in [9.17, 15) is 0 Å². The van der Waals surface area contributed by atoms with Gasteiger partial charge in [-0.25, -0.2) is 0 Å². The molecule has 0 heterocycles. The lowest BCUT2D eigenvalue weighted by atomic mass is 10.2. The first-order valence-corrected chi connectivity index (χ1v) is 6.10. The number of halogens is 7. The molecule has 1 aromatic carbocycles. The van der Waals surface area contributed by atoms with Crippen molar-refractivity contribution in [3.8, 4) is 0 Å². The molecule has 0 atom stereocenters. The van der Waals surface area contributed by atoms with Crippen LogP contribution in [-0.4, -0.2) is 0 Å². The molecule has 0 radical (unpaired) electrons. The molecule has 0 N–H and O–H groups in total. The molecule has 15 heavy (non-hydrogen) atoms. The van der Waals surface area contributed by atoms with Gasteiger partial charge in [0.25, 0.3) is 0 Å². The summed E-state index contributed by atoms with van der Waals surface area (Å²) >= 11 is 40.5. The second-order valence-corrected chi connectivity index (χ2v) is 4.92. The number of rotatable bonds is 1. The Balaban J connectivity index is 3.67. The first kappa shape index (κ1) is 14.1. The Kier molecular flexibility index (Phi) is 5.20. The molecule has 0 bridgehead atoms. The maximum atomic E-state index is 5.91. The van der Waals surface area contributed by atoms with Crippen LogP contribution in [0.4, 0.5) is 0 Å². The highest BCUT2D eigenvalue weighted by atomic mass is 35.5. The molecule has 7 heteroatoms. The summed E-state index contributed by atoms with van der Waals surface area (Å²) < 4.78 is 0. The molecule has 0 amide bonds. The van der Waals surface area contributed by atoms with Gasteiger partial charge >= 0.3 is 0 Å². The van der Waals surface area contributed by atoms with Crippen molar-refractivity contribution in [1.29, 1.82) is 0 Å². The molecule has 0 aliphatic heterocycles. The van der Waals surface area contributed by atoms with Gasteiger partial charge in [0.1, 0.15) is 0 Å². The lowest BCUT2D eigenvalue weighted by Gasteiger charge is -2.10. The monoisotopic (exact) mass is 342 g/mol. The fourth-order valence-electron chi connectivity index (χ4n) is 0.869. The van der Waals surface area contributed by atoms with Crippen molar-refractivity contribution in [3.63, 3.8) is 0 Å². The summed E-state index contributed by atoms with van der Waals surface area (Å²) in [6, 6.07) is 0. The van der Waals surface area contributed by atoms with E-state index >= 15 is 0 Å². The second kappa shape index (κ2) is 5.55. The minimum absolute atomic E-state index is 0.0797. The largest absolute Gasteiger partial charge is 0.0913 e. The van der Waals surface area contributed by atoms with E-state index in [2.05, 4.69) is 0 Å². The molecule has 1 rings (SSSR count). The molecule has 0 saturated heterocycles. The maximum absolute atomic E-state index is 5.91. The molecule has 0 unspecified atom stereocenters. The zero-order valence-electron chi connectivity index (χ0n) is 6.72. The Bertz CT molecular complexity index is 406. The Morgan fingerprint density at radius 2 is 1.07 bits per heavy atom. The molecule has 0 saturated carbocycles. The third-order valence-corrected chi connectivity index (χ3v) is 4.45. The summed E-state index contributed by atoms with van der Waals surface area (Å²) in [5.41, 5.74) is 1.37. The molecule has 0 nitrogen and oxygen atoms in total. The van der Waals surface area contributed by atoms with E-state index in [1.165, 1.54) is 0 Å². The molecule has 0 aliphatic rings. The SMILES string of the molecule is Cl/C=C(/Cl)c1c(Cl)c(Cl)c(Cl)c(Cl)c1Cl. The third kappa shape index (κ3) is 2.63.